The summed E-state index contributed by atoms with van der Waals surface area (Å²) >= 11 is 0. The fraction of sp³-hybridized carbons (Fsp3) is 0.536. The van der Waals surface area contributed by atoms with Gasteiger partial charge in [0.05, 0.1) is 68.3 Å². The molecule has 1 unspecified atom stereocenters. The first-order valence-corrected chi connectivity index (χ1v) is 30.2. The Morgan fingerprint density at radius 2 is 1.02 bits per heavy atom. The average Bonchev–Trinajstić information content (AvgIpc) is 2.01. The molecule has 2 amide bonds. The van der Waals surface area contributed by atoms with Crippen molar-refractivity contribution >= 4 is 52.6 Å². The molecule has 0 saturated heterocycles. The zero-order valence-corrected chi connectivity index (χ0v) is 52.1. The highest BCUT2D eigenvalue weighted by atomic mass is 16.5. The molecule has 16 nitrogen and oxygen atoms in total. The number of methoxy groups -OCH3 is 8. The minimum Gasteiger partial charge on any atom is -0.496 e. The van der Waals surface area contributed by atoms with Crippen LogP contribution in [0.5, 0.6) is 23.0 Å². The molecule has 0 spiro atoms. The van der Waals surface area contributed by atoms with E-state index in [-0.39, 0.29) is 67.8 Å². The van der Waals surface area contributed by atoms with Crippen LogP contribution in [0, 0.1) is 58.2 Å². The SMILES string of the molecule is COC(=O)c1cc(C(=O)Nc2cc(C(=CCC[C@H]3CC[C@@]4(C)C(CC[C@H]5[C@@H]6CC[C@H]([C@H](C)CCCC(C)C)[C@@]6(C)CC[C@@H]54)C3)c3cc(NC(=O)c4ccc(OC)c(C(=O)OC)c4)c(OC)c(C(=O)OC)c3)cc(C(=O)OC)c2OC)ccc1OC. The second-order valence-electron chi connectivity index (χ2n) is 24.9. The second-order valence-corrected chi connectivity index (χ2v) is 24.9. The third kappa shape index (κ3) is 13.1. The van der Waals surface area contributed by atoms with Gasteiger partial charge in [0.15, 0.2) is 11.5 Å². The second kappa shape index (κ2) is 27.3. The molecule has 16 heteroatoms. The molecule has 0 heterocycles. The number of benzene rings is 4. The normalized spacial score (nSPS) is 23.4. The van der Waals surface area contributed by atoms with E-state index in [0.717, 1.165) is 54.8 Å². The number of fused-ring (bicyclic) bond motifs is 5. The number of ether oxygens (including phenoxy) is 8. The van der Waals surface area contributed by atoms with Crippen molar-refractivity contribution in [3.05, 3.63) is 111 Å². The predicted molar refractivity (Wildman–Crippen MR) is 326 cm³/mol. The minimum atomic E-state index is -0.767. The zero-order chi connectivity index (χ0) is 61.5. The van der Waals surface area contributed by atoms with E-state index >= 15 is 0 Å². The van der Waals surface area contributed by atoms with Gasteiger partial charge in [-0.25, -0.2) is 19.2 Å². The smallest absolute Gasteiger partial charge is 0.341 e. The zero-order valence-electron chi connectivity index (χ0n) is 52.1. The molecule has 9 atom stereocenters. The van der Waals surface area contributed by atoms with Crippen molar-refractivity contribution < 1.29 is 66.7 Å². The fourth-order valence-corrected chi connectivity index (χ4v) is 15.8. The maximum Gasteiger partial charge on any atom is 0.341 e. The van der Waals surface area contributed by atoms with Crippen molar-refractivity contribution in [2.75, 3.05) is 67.5 Å². The summed E-state index contributed by atoms with van der Waals surface area (Å²) in [6.45, 7) is 12.5. The van der Waals surface area contributed by atoms with Gasteiger partial charge >= 0.3 is 23.9 Å². The van der Waals surface area contributed by atoms with E-state index in [9.17, 15) is 28.8 Å². The monoisotopic (exact) mass is 1170 g/mol. The summed E-state index contributed by atoms with van der Waals surface area (Å²) < 4.78 is 43.0. The largest absolute Gasteiger partial charge is 0.496 e. The van der Waals surface area contributed by atoms with Crippen LogP contribution >= 0.6 is 0 Å². The van der Waals surface area contributed by atoms with Crippen molar-refractivity contribution in [2.24, 2.45) is 58.2 Å². The number of allylic oxidation sites excluding steroid dienone is 1. The number of hydrogen-bond acceptors (Lipinski definition) is 14. The maximum absolute atomic E-state index is 14.3. The minimum absolute atomic E-state index is 0.00396. The van der Waals surface area contributed by atoms with Crippen LogP contribution in [-0.4, -0.2) is 92.6 Å². The number of carbonyl (C=O) groups is 6. The number of rotatable bonds is 22. The molecule has 4 fully saturated rings. The van der Waals surface area contributed by atoms with Gasteiger partial charge in [0.2, 0.25) is 0 Å². The van der Waals surface area contributed by atoms with Crippen LogP contribution in [-0.2, 0) is 18.9 Å². The molecule has 8 rings (SSSR count). The van der Waals surface area contributed by atoms with E-state index < -0.39 is 35.7 Å². The first-order chi connectivity index (χ1) is 40.7. The molecule has 4 aliphatic carbocycles. The number of anilines is 2. The van der Waals surface area contributed by atoms with Crippen LogP contribution in [0.25, 0.3) is 5.57 Å². The maximum atomic E-state index is 14.3. The van der Waals surface area contributed by atoms with Crippen LogP contribution in [0.3, 0.4) is 0 Å². The third-order valence-electron chi connectivity index (χ3n) is 20.1. The molecule has 0 aromatic heterocycles. The summed E-state index contributed by atoms with van der Waals surface area (Å²) in [7, 11) is 10.4. The van der Waals surface area contributed by atoms with Crippen molar-refractivity contribution in [1.82, 2.24) is 0 Å². The van der Waals surface area contributed by atoms with Gasteiger partial charge in [-0.15, -0.1) is 0 Å². The van der Waals surface area contributed by atoms with E-state index in [1.807, 2.05) is 0 Å². The van der Waals surface area contributed by atoms with E-state index in [0.29, 0.717) is 45.8 Å². The number of nitrogens with one attached hydrogen (secondary N) is 2. The lowest BCUT2D eigenvalue weighted by Gasteiger charge is -2.61. The molecular weight excluding hydrogens is 1080 g/mol. The Morgan fingerprint density at radius 1 is 0.541 bits per heavy atom. The quantitative estimate of drug-likeness (QED) is 0.0556. The van der Waals surface area contributed by atoms with Crippen molar-refractivity contribution in [1.29, 1.82) is 0 Å². The molecule has 0 aliphatic heterocycles. The van der Waals surface area contributed by atoms with E-state index in [4.69, 9.17) is 37.9 Å². The van der Waals surface area contributed by atoms with E-state index in [1.165, 1.54) is 157 Å². The Hall–Kier alpha value is -7.36. The highest BCUT2D eigenvalue weighted by molar-refractivity contribution is 6.10. The molecule has 4 aromatic carbocycles. The molecular formula is C69H88N2O14. The lowest BCUT2D eigenvalue weighted by Crippen LogP contribution is -2.53. The Morgan fingerprint density at radius 3 is 1.51 bits per heavy atom. The van der Waals surface area contributed by atoms with Gasteiger partial charge in [0.25, 0.3) is 11.8 Å². The number of esters is 4. The van der Waals surface area contributed by atoms with Gasteiger partial charge in [0.1, 0.15) is 33.8 Å². The molecule has 2 N–H and O–H groups in total. The predicted octanol–water partition coefficient (Wildman–Crippen LogP) is 14.3. The van der Waals surface area contributed by atoms with Crippen molar-refractivity contribution in [3.8, 4) is 23.0 Å². The van der Waals surface area contributed by atoms with Crippen LogP contribution in [0.15, 0.2) is 66.7 Å². The van der Waals surface area contributed by atoms with Gasteiger partial charge in [-0.3, -0.25) is 9.59 Å². The number of hydrogen-bond donors (Lipinski definition) is 2. The number of amides is 2. The highest BCUT2D eigenvalue weighted by Gasteiger charge is 2.60. The Balaban J connectivity index is 1.16. The van der Waals surface area contributed by atoms with Gasteiger partial charge in [-0.2, -0.15) is 0 Å². The fourth-order valence-electron chi connectivity index (χ4n) is 15.8. The van der Waals surface area contributed by atoms with Crippen molar-refractivity contribution in [3.63, 3.8) is 0 Å². The standard InChI is InChI=1S/C69H88N2O14/c1-39(2)16-14-17-40(3)53-24-25-54-48-23-22-46-32-41(28-30-68(46,4)55(48)29-31-69(53,54)5)18-15-19-47(44-35-51(66(76)84-12)60(80-8)56(37-44)70-62(72)42-20-26-58(78-6)49(33-42)64(74)82-10)45-36-52(67(77)85-13)61(81-9)57(38-45)71-63(73)43-21-27-59(79-7)50(34-43)65(75)83-11/h19-21,26-27,33-41,46,48,53-55H,14-18,22-25,28-32H2,1-13H3,(H,70,72)(H,71,73)/t40-,41+,46?,48+,53-,54+,55+,68+,69-/m1/s1. The van der Waals surface area contributed by atoms with Gasteiger partial charge in [-0.1, -0.05) is 60.0 Å². The molecule has 4 aromatic rings. The molecule has 0 bridgehead atoms. The average molecular weight is 1170 g/mol. The molecule has 458 valence electrons. The van der Waals surface area contributed by atoms with Crippen LogP contribution in [0.2, 0.25) is 0 Å². The summed E-state index contributed by atoms with van der Waals surface area (Å²) in [5.74, 6) is 1.87. The Labute approximate surface area is 501 Å². The summed E-state index contributed by atoms with van der Waals surface area (Å²) in [6.07, 6.45) is 18.9. The van der Waals surface area contributed by atoms with E-state index in [2.05, 4.69) is 51.3 Å². The molecule has 85 heavy (non-hydrogen) atoms. The van der Waals surface area contributed by atoms with Gasteiger partial charge < -0.3 is 48.5 Å². The highest BCUT2D eigenvalue weighted by Crippen LogP contribution is 2.69. The van der Waals surface area contributed by atoms with Crippen LogP contribution in [0.4, 0.5) is 11.4 Å². The van der Waals surface area contributed by atoms with Crippen LogP contribution < -0.4 is 29.6 Å². The lowest BCUT2D eigenvalue weighted by atomic mass is 9.44. The number of carbonyl (C=O) groups excluding carboxylic acids is 6. The van der Waals surface area contributed by atoms with Crippen LogP contribution in [0.1, 0.15) is 198 Å². The summed E-state index contributed by atoms with van der Waals surface area (Å²) in [6, 6.07) is 15.1. The molecule has 4 saturated carbocycles. The van der Waals surface area contributed by atoms with Gasteiger partial charge in [-0.05, 0) is 206 Å². The summed E-state index contributed by atoms with van der Waals surface area (Å²) in [4.78, 5) is 82.0. The van der Waals surface area contributed by atoms with Gasteiger partial charge in [0, 0.05) is 11.1 Å². The summed E-state index contributed by atoms with van der Waals surface area (Å²) in [5, 5.41) is 5.81. The topological polar surface area (TPSA) is 200 Å². The molecule has 0 radical (unpaired) electrons. The lowest BCUT2D eigenvalue weighted by molar-refractivity contribution is -0.121. The molecule has 4 aliphatic rings. The van der Waals surface area contributed by atoms with E-state index in [1.54, 1.807) is 24.3 Å². The third-order valence-corrected chi connectivity index (χ3v) is 20.1. The first-order valence-electron chi connectivity index (χ1n) is 30.2. The summed E-state index contributed by atoms with van der Waals surface area (Å²) in [5.41, 5.74) is 2.36. The first kappa shape index (κ1) is 63.7. The van der Waals surface area contributed by atoms with Crippen molar-refractivity contribution in [2.45, 2.75) is 125 Å². The Kier molecular flexibility index (Phi) is 20.5. The Bertz CT molecular complexity index is 3030.